The van der Waals surface area contributed by atoms with Crippen LogP contribution in [0.5, 0.6) is 0 Å². The monoisotopic (exact) mass is 178 g/mol. The Bertz CT molecular complexity index is 202. The summed E-state index contributed by atoms with van der Waals surface area (Å²) >= 11 is 0. The number of nitrogens with one attached hydrogen (secondary N) is 1. The Kier molecular flexibility index (Phi) is 3.03. The molecule has 2 aliphatic rings. The molecule has 72 valence electrons. The molecule has 0 amide bonds. The average molecular weight is 178 g/mol. The molecular formula is C11H18N2. The van der Waals surface area contributed by atoms with Crippen molar-refractivity contribution in [3.05, 3.63) is 24.4 Å². The maximum absolute atomic E-state index is 3.40. The zero-order valence-electron chi connectivity index (χ0n) is 8.08. The van der Waals surface area contributed by atoms with Crippen LogP contribution in [0.3, 0.4) is 0 Å². The van der Waals surface area contributed by atoms with Crippen LogP contribution >= 0.6 is 0 Å². The zero-order chi connectivity index (χ0) is 8.93. The molecule has 2 heteroatoms. The van der Waals surface area contributed by atoms with E-state index in [1.807, 2.05) is 0 Å². The minimum Gasteiger partial charge on any atom is -0.373 e. The van der Waals surface area contributed by atoms with Crippen molar-refractivity contribution in [1.29, 1.82) is 0 Å². The smallest absolute Gasteiger partial charge is 0.0357 e. The minimum absolute atomic E-state index is 0.900. The molecule has 0 unspecified atom stereocenters. The van der Waals surface area contributed by atoms with Crippen molar-refractivity contribution >= 4 is 0 Å². The number of hydrogen-bond donors (Lipinski definition) is 1. The van der Waals surface area contributed by atoms with Gasteiger partial charge >= 0.3 is 0 Å². The first-order chi connectivity index (χ1) is 6.45. The Morgan fingerprint density at radius 3 is 2.77 bits per heavy atom. The van der Waals surface area contributed by atoms with Gasteiger partial charge in [-0.1, -0.05) is 12.2 Å². The molecule has 0 radical (unpaired) electrons. The molecule has 0 atom stereocenters. The third kappa shape index (κ3) is 2.59. The van der Waals surface area contributed by atoms with E-state index in [0.29, 0.717) is 0 Å². The van der Waals surface area contributed by atoms with Crippen molar-refractivity contribution < 1.29 is 0 Å². The third-order valence-electron chi connectivity index (χ3n) is 2.84. The lowest BCUT2D eigenvalue weighted by atomic mass is 9.97. The SMILES string of the molecule is C1=CCN(CC2CCNCC2)C=C1. The highest BCUT2D eigenvalue weighted by atomic mass is 15.1. The molecule has 0 bridgehead atoms. The Morgan fingerprint density at radius 1 is 1.23 bits per heavy atom. The van der Waals surface area contributed by atoms with Gasteiger partial charge in [-0.2, -0.15) is 0 Å². The normalized spacial score (nSPS) is 23.8. The Balaban J connectivity index is 1.76. The van der Waals surface area contributed by atoms with Crippen molar-refractivity contribution in [1.82, 2.24) is 10.2 Å². The fourth-order valence-corrected chi connectivity index (χ4v) is 2.04. The molecule has 2 nitrogen and oxygen atoms in total. The molecular weight excluding hydrogens is 160 g/mol. The van der Waals surface area contributed by atoms with Gasteiger partial charge in [0.25, 0.3) is 0 Å². The molecule has 1 fully saturated rings. The summed E-state index contributed by atoms with van der Waals surface area (Å²) in [6.45, 7) is 4.75. The van der Waals surface area contributed by atoms with E-state index in [1.54, 1.807) is 0 Å². The van der Waals surface area contributed by atoms with Gasteiger partial charge in [0.1, 0.15) is 0 Å². The predicted octanol–water partition coefficient (Wildman–Crippen LogP) is 1.37. The standard InChI is InChI=1S/C11H18N2/c1-2-8-13(9-3-1)10-11-4-6-12-7-5-11/h1-3,8,11-12H,4-7,9-10H2. The highest BCUT2D eigenvalue weighted by molar-refractivity contribution is 5.08. The molecule has 0 aromatic carbocycles. The van der Waals surface area contributed by atoms with E-state index in [1.165, 1.54) is 32.5 Å². The lowest BCUT2D eigenvalue weighted by Gasteiger charge is -2.29. The summed E-state index contributed by atoms with van der Waals surface area (Å²) in [5.74, 6) is 0.900. The largest absolute Gasteiger partial charge is 0.373 e. The molecule has 2 rings (SSSR count). The molecule has 2 heterocycles. The first kappa shape index (κ1) is 8.82. The first-order valence-corrected chi connectivity index (χ1v) is 5.23. The van der Waals surface area contributed by atoms with Crippen LogP contribution in [0.25, 0.3) is 0 Å². The number of piperidine rings is 1. The van der Waals surface area contributed by atoms with Gasteiger partial charge in [0, 0.05) is 13.1 Å². The van der Waals surface area contributed by atoms with Crippen LogP contribution in [-0.2, 0) is 0 Å². The van der Waals surface area contributed by atoms with E-state index in [0.717, 1.165) is 12.5 Å². The van der Waals surface area contributed by atoms with E-state index < -0.39 is 0 Å². The van der Waals surface area contributed by atoms with Gasteiger partial charge in [0.2, 0.25) is 0 Å². The molecule has 0 saturated carbocycles. The second kappa shape index (κ2) is 4.47. The van der Waals surface area contributed by atoms with Crippen molar-refractivity contribution in [2.75, 3.05) is 26.2 Å². The first-order valence-electron chi connectivity index (χ1n) is 5.23. The van der Waals surface area contributed by atoms with Crippen LogP contribution in [0.15, 0.2) is 24.4 Å². The van der Waals surface area contributed by atoms with Crippen molar-refractivity contribution in [2.24, 2.45) is 5.92 Å². The zero-order valence-corrected chi connectivity index (χ0v) is 8.08. The van der Waals surface area contributed by atoms with Crippen LogP contribution in [0.4, 0.5) is 0 Å². The van der Waals surface area contributed by atoms with E-state index >= 15 is 0 Å². The molecule has 0 aromatic heterocycles. The van der Waals surface area contributed by atoms with Crippen molar-refractivity contribution in [3.63, 3.8) is 0 Å². The topological polar surface area (TPSA) is 15.3 Å². The van der Waals surface area contributed by atoms with E-state index in [2.05, 4.69) is 34.6 Å². The highest BCUT2D eigenvalue weighted by Crippen LogP contribution is 2.14. The summed E-state index contributed by atoms with van der Waals surface area (Å²) in [5, 5.41) is 3.40. The molecule has 1 N–H and O–H groups in total. The maximum atomic E-state index is 3.40. The molecule has 1 saturated heterocycles. The molecule has 0 spiro atoms. The summed E-state index contributed by atoms with van der Waals surface area (Å²) in [6, 6.07) is 0. The summed E-state index contributed by atoms with van der Waals surface area (Å²) in [7, 11) is 0. The van der Waals surface area contributed by atoms with Gasteiger partial charge in [0.15, 0.2) is 0 Å². The summed E-state index contributed by atoms with van der Waals surface area (Å²) in [6.07, 6.45) is 11.4. The lowest BCUT2D eigenvalue weighted by Crippen LogP contribution is -2.34. The average Bonchev–Trinajstić information content (AvgIpc) is 2.21. The summed E-state index contributed by atoms with van der Waals surface area (Å²) in [4.78, 5) is 2.41. The summed E-state index contributed by atoms with van der Waals surface area (Å²) in [5.41, 5.74) is 0. The van der Waals surface area contributed by atoms with Crippen LogP contribution < -0.4 is 5.32 Å². The van der Waals surface area contributed by atoms with Gasteiger partial charge < -0.3 is 10.2 Å². The van der Waals surface area contributed by atoms with Gasteiger partial charge in [-0.3, -0.25) is 0 Å². The summed E-state index contributed by atoms with van der Waals surface area (Å²) < 4.78 is 0. The molecule has 2 aliphatic heterocycles. The predicted molar refractivity (Wildman–Crippen MR) is 55.4 cm³/mol. The highest BCUT2D eigenvalue weighted by Gasteiger charge is 2.14. The molecule has 0 aromatic rings. The van der Waals surface area contributed by atoms with Gasteiger partial charge in [-0.25, -0.2) is 0 Å². The Hall–Kier alpha value is -0.760. The van der Waals surface area contributed by atoms with Crippen LogP contribution in [0, 0.1) is 5.92 Å². The Morgan fingerprint density at radius 2 is 2.08 bits per heavy atom. The number of allylic oxidation sites excluding steroid dienone is 2. The second-order valence-electron chi connectivity index (χ2n) is 3.92. The van der Waals surface area contributed by atoms with E-state index in [4.69, 9.17) is 0 Å². The van der Waals surface area contributed by atoms with E-state index in [9.17, 15) is 0 Å². The van der Waals surface area contributed by atoms with E-state index in [-0.39, 0.29) is 0 Å². The fraction of sp³-hybridized carbons (Fsp3) is 0.636. The minimum atomic E-state index is 0.900. The quantitative estimate of drug-likeness (QED) is 0.687. The Labute approximate surface area is 80.3 Å². The third-order valence-corrected chi connectivity index (χ3v) is 2.84. The number of rotatable bonds is 2. The molecule has 0 aliphatic carbocycles. The van der Waals surface area contributed by atoms with Crippen LogP contribution in [0.2, 0.25) is 0 Å². The maximum Gasteiger partial charge on any atom is 0.0357 e. The number of hydrogen-bond acceptors (Lipinski definition) is 2. The second-order valence-corrected chi connectivity index (χ2v) is 3.92. The van der Waals surface area contributed by atoms with Gasteiger partial charge in [-0.05, 0) is 44.1 Å². The van der Waals surface area contributed by atoms with Gasteiger partial charge in [0.05, 0.1) is 0 Å². The molecule has 13 heavy (non-hydrogen) atoms. The van der Waals surface area contributed by atoms with Crippen molar-refractivity contribution in [2.45, 2.75) is 12.8 Å². The fourth-order valence-electron chi connectivity index (χ4n) is 2.04. The number of nitrogens with zero attached hydrogens (tertiary/aromatic N) is 1. The van der Waals surface area contributed by atoms with Crippen LogP contribution in [0.1, 0.15) is 12.8 Å². The van der Waals surface area contributed by atoms with Crippen molar-refractivity contribution in [3.8, 4) is 0 Å². The van der Waals surface area contributed by atoms with Gasteiger partial charge in [-0.15, -0.1) is 0 Å². The lowest BCUT2D eigenvalue weighted by molar-refractivity contribution is 0.276. The van der Waals surface area contributed by atoms with Crippen LogP contribution in [-0.4, -0.2) is 31.1 Å².